The van der Waals surface area contributed by atoms with Crippen LogP contribution in [0, 0.1) is 97.6 Å². The van der Waals surface area contributed by atoms with E-state index in [1.54, 1.807) is 14.0 Å². The Bertz CT molecular complexity index is 4380. The first-order chi connectivity index (χ1) is 62.4. The number of fused-ring (bicyclic) bond motifs is 8. The number of esters is 1. The number of rotatable bonds is 32. The normalized spacial score (nSPS) is 44.3. The van der Waals surface area contributed by atoms with E-state index in [4.69, 9.17) is 89.7 Å². The molecule has 7 heterocycles. The van der Waals surface area contributed by atoms with Crippen LogP contribution in [0.15, 0.2) is 108 Å². The second kappa shape index (κ2) is 40.8. The molecule has 7 saturated heterocycles. The summed E-state index contributed by atoms with van der Waals surface area (Å²) in [5.41, 5.74) is 11.0. The summed E-state index contributed by atoms with van der Waals surface area (Å²) in [6.07, 6.45) is -6.14. The minimum Gasteiger partial charge on any atom is -0.432 e. The molecule has 0 spiro atoms. The highest BCUT2D eigenvalue weighted by molar-refractivity contribution is 6.73. The van der Waals surface area contributed by atoms with Gasteiger partial charge in [0.15, 0.2) is 51.3 Å². The zero-order valence-electron chi connectivity index (χ0n) is 82.6. The van der Waals surface area contributed by atoms with Gasteiger partial charge in [0.05, 0.1) is 99.9 Å². The largest absolute Gasteiger partial charge is 0.432 e. The third-order valence-corrected chi connectivity index (χ3v) is 40.2. The summed E-state index contributed by atoms with van der Waals surface area (Å²) in [4.78, 5) is 49.7. The molecule has 0 N–H and O–H groups in total. The fourth-order valence-corrected chi connectivity index (χ4v) is 29.5. The van der Waals surface area contributed by atoms with Crippen LogP contribution in [0.5, 0.6) is 0 Å². The van der Waals surface area contributed by atoms with Gasteiger partial charge >= 0.3 is 5.97 Å². The number of azide groups is 1. The Morgan fingerprint density at radius 2 is 1.16 bits per heavy atom. The number of methoxy groups -OCH3 is 1. The summed E-state index contributed by atoms with van der Waals surface area (Å²) in [5.74, 6) is -2.82. The van der Waals surface area contributed by atoms with E-state index in [0.717, 1.165) is 54.1 Å². The van der Waals surface area contributed by atoms with Gasteiger partial charge in [0.2, 0.25) is 6.29 Å². The first-order valence-electron chi connectivity index (χ1n) is 50.0. The number of hydrogen-bond acceptors (Lipinski definition) is 23. The van der Waals surface area contributed by atoms with Gasteiger partial charge in [-0.1, -0.05) is 232 Å². The van der Waals surface area contributed by atoms with Crippen LogP contribution in [0.4, 0.5) is 0 Å². The number of hydrogen-bond donors (Lipinski definition) is 0. The zero-order chi connectivity index (χ0) is 93.8. The summed E-state index contributed by atoms with van der Waals surface area (Å²) in [6.45, 7) is 49.1. The van der Waals surface area contributed by atoms with Crippen LogP contribution in [-0.4, -0.2) is 194 Å². The second-order valence-corrected chi connectivity index (χ2v) is 48.7. The lowest BCUT2D eigenvalue weighted by Gasteiger charge is -2.71. The number of ketones is 1. The van der Waals surface area contributed by atoms with E-state index in [0.29, 0.717) is 70.7 Å². The Morgan fingerprint density at radius 1 is 0.557 bits per heavy atom. The average molecular weight is 1840 g/mol. The van der Waals surface area contributed by atoms with Gasteiger partial charge in [-0.25, -0.2) is 0 Å². The predicted molar refractivity (Wildman–Crippen MR) is 495 cm³/mol. The van der Waals surface area contributed by atoms with Crippen molar-refractivity contribution in [2.24, 2.45) is 103 Å². The molecule has 0 bridgehead atoms. The van der Waals surface area contributed by atoms with Crippen LogP contribution < -0.4 is 0 Å². The lowest BCUT2D eigenvalue weighted by molar-refractivity contribution is -0.376. The molecule has 3 aromatic rings. The molecular formula is C105H157N3O22Si. The van der Waals surface area contributed by atoms with Crippen LogP contribution in [0.25, 0.3) is 10.4 Å². The predicted octanol–water partition coefficient (Wildman–Crippen LogP) is 19.8. The van der Waals surface area contributed by atoms with Crippen molar-refractivity contribution >= 4 is 26.4 Å². The molecule has 15 rings (SSSR count). The first-order valence-corrected chi connectivity index (χ1v) is 52.5. The van der Waals surface area contributed by atoms with Crippen LogP contribution in [0.2, 0.25) is 18.1 Å². The van der Waals surface area contributed by atoms with Crippen molar-refractivity contribution < 1.29 is 104 Å². The summed E-state index contributed by atoms with van der Waals surface area (Å²) in [7, 11) is -0.530. The number of benzene rings is 3. The third kappa shape index (κ3) is 19.4. The molecule has 26 heteroatoms. The molecule has 38 atom stereocenters. The molecule has 4 saturated carbocycles. The maximum atomic E-state index is 17.0. The summed E-state index contributed by atoms with van der Waals surface area (Å²) in [6, 6.07) is 31.9. The van der Waals surface area contributed by atoms with E-state index >= 15 is 4.79 Å². The molecule has 25 nitrogen and oxygen atoms in total. The molecular weight excluding hydrogens is 1680 g/mol. The highest BCUT2D eigenvalue weighted by Crippen LogP contribution is 2.76. The minimum absolute atomic E-state index is 0.0111. The Morgan fingerprint density at radius 3 is 1.79 bits per heavy atom. The van der Waals surface area contributed by atoms with Gasteiger partial charge in [0, 0.05) is 29.8 Å². The third-order valence-electron chi connectivity index (χ3n) is 35.6. The van der Waals surface area contributed by atoms with E-state index in [1.807, 2.05) is 126 Å². The van der Waals surface area contributed by atoms with Crippen molar-refractivity contribution in [3.63, 3.8) is 0 Å². The van der Waals surface area contributed by atoms with Crippen molar-refractivity contribution in [2.75, 3.05) is 26.9 Å². The van der Waals surface area contributed by atoms with Crippen molar-refractivity contribution in [2.45, 2.75) is 396 Å². The number of carbonyl (C=O) groups is 3. The van der Waals surface area contributed by atoms with Gasteiger partial charge in [0.25, 0.3) is 0 Å². The Kier molecular flexibility index (Phi) is 31.3. The topological polar surface area (TPSA) is 275 Å². The molecule has 5 aliphatic carbocycles. The first kappa shape index (κ1) is 100. The summed E-state index contributed by atoms with van der Waals surface area (Å²) < 4.78 is 135. The SMILES string of the molecule is CCC1O[C@@H](OC2[C@H](O[C@H]3CCC4(C)C5CC=C6C7CC(C)(C)CC[C@]7(C(=O)O[C@H]7OC(COCc8ccccc8)[C@H](N=[N+]=[N-])C(C)C7O[C@@H]7OC(C)[C@H](O[C@@H]8OC[C@@H](OCc9ccccc9)C(OCc9ccccc9)C8C)C8OC(C)(C)OC87)C(OC)C[C@@]6(C)[C@@]5(C)CC[C@H]4[C@@]3(C)C=O)OC(C(C)=O)[C@@H](C)[C@@H]2O[C@@H]2OC[C@@H](C)[C@@H](C)C2C)C(O[Si](CC)(CC)CC)[C@@H](C)[C@@H]1C. The number of nitrogens with zero attached hydrogens (tertiary/aromatic N) is 3. The Hall–Kier alpha value is -4.98. The number of ether oxygens (including phenoxy) is 18. The van der Waals surface area contributed by atoms with E-state index in [1.165, 1.54) is 11.9 Å². The monoisotopic (exact) mass is 1840 g/mol. The standard InChI is InChI=1S/C105H157N3O22Si/c1-24-75-62(7)63(8)87(130-131(25-2,26-3)27-4)95(119-75)126-90-85(123-92-64(9)61(6)60(5)53-116-92)66(11)83(68(13)110)122-96(90)121-80-46-47-101(19)78(102(80,20)59-109)45-48-103(21)79(101)44-43-73-74-51-99(15,16)49-50-105(74,81(112-23)52-104(73,103)22)98(111)127-94-86(65(10)82(107-108-106)76(120-94)57-113-54-70-37-31-28-32-38-70)124-97-91-89(128-100(17,18)129-91)88(69(14)118-97)125-93-67(12)84(115-56-72-41-35-30-36-42-72)77(58-117-93)114-55-71-39-33-29-34-40-71/h28-43,59-67,69,74-97H,24-27,44-58H2,1-23H3/t60-,61-,62+,63+,64?,65?,66-,67?,69?,74?,75?,76?,77-,78-,79?,80+,81?,82-,83?,84?,85+,86?,87?,88+,89?,90?,91?,92+,93+,94-,95+,96-,97+,101?,102-,103+,104-,105-/m1/s1. The summed E-state index contributed by atoms with van der Waals surface area (Å²) in [5, 5.41) is 4.44. The molecule has 728 valence electrons. The van der Waals surface area contributed by atoms with Gasteiger partial charge in [-0.15, -0.1) is 0 Å². The van der Waals surface area contributed by atoms with Gasteiger partial charge < -0.3 is 94.5 Å². The van der Waals surface area contributed by atoms with Crippen LogP contribution in [0.3, 0.4) is 0 Å². The number of allylic oxidation sites excluding steroid dienone is 2. The molecule has 7 aliphatic heterocycles. The molecule has 11 fully saturated rings. The maximum absolute atomic E-state index is 17.0. The average Bonchev–Trinajstić information content (AvgIpc) is 0.772. The molecule has 0 amide bonds. The smallest absolute Gasteiger partial charge is 0.317 e. The molecule has 0 aromatic heterocycles. The highest BCUT2D eigenvalue weighted by atomic mass is 28.4. The number of Topliss-reactive ketones (excluding diaryl/α,β-unsaturated/α-hetero) is 1. The van der Waals surface area contributed by atoms with Crippen molar-refractivity contribution in [3.8, 4) is 0 Å². The Balaban J connectivity index is 0.718. The molecule has 17 unspecified atom stereocenters. The summed E-state index contributed by atoms with van der Waals surface area (Å²) >= 11 is 0. The lowest BCUT2D eigenvalue weighted by atomic mass is 9.33. The quantitative estimate of drug-likeness (QED) is 0.00820. The van der Waals surface area contributed by atoms with Crippen molar-refractivity contribution in [1.82, 2.24) is 0 Å². The second-order valence-electron chi connectivity index (χ2n) is 44.0. The van der Waals surface area contributed by atoms with Crippen molar-refractivity contribution in [3.05, 3.63) is 130 Å². The van der Waals surface area contributed by atoms with Crippen LogP contribution in [0.1, 0.15) is 233 Å². The fraction of sp³-hybridized carbons (Fsp3) is 0.781. The van der Waals surface area contributed by atoms with E-state index in [9.17, 15) is 15.1 Å². The molecule has 0 radical (unpaired) electrons. The zero-order valence-corrected chi connectivity index (χ0v) is 83.6. The van der Waals surface area contributed by atoms with E-state index in [2.05, 4.69) is 127 Å². The lowest BCUT2D eigenvalue weighted by Crippen LogP contribution is -2.69. The maximum Gasteiger partial charge on any atom is 0.317 e. The highest BCUT2D eigenvalue weighted by Gasteiger charge is 2.74. The van der Waals surface area contributed by atoms with Crippen LogP contribution >= 0.6 is 0 Å². The van der Waals surface area contributed by atoms with Gasteiger partial charge in [-0.2, -0.15) is 0 Å². The van der Waals surface area contributed by atoms with Gasteiger partial charge in [0.1, 0.15) is 54.4 Å². The van der Waals surface area contributed by atoms with E-state index in [-0.39, 0.29) is 89.9 Å². The van der Waals surface area contributed by atoms with Gasteiger partial charge in [-0.3, -0.25) is 9.59 Å². The van der Waals surface area contributed by atoms with Crippen LogP contribution in [-0.2, 0) is 124 Å². The Labute approximate surface area is 781 Å². The van der Waals surface area contributed by atoms with E-state index < -0.39 is 183 Å². The number of carbonyl (C=O) groups excluding carboxylic acids is 3. The molecule has 131 heavy (non-hydrogen) atoms. The number of aldehydes is 1. The fourth-order valence-electron chi connectivity index (χ4n) is 26.6. The molecule has 12 aliphatic rings. The van der Waals surface area contributed by atoms with Gasteiger partial charge in [-0.05, 0) is 201 Å². The molecule has 3 aromatic carbocycles. The van der Waals surface area contributed by atoms with Crippen molar-refractivity contribution in [1.29, 1.82) is 0 Å². The minimum atomic E-state index is -2.28.